The average Bonchev–Trinajstić information content (AvgIpc) is 3.38. The highest BCUT2D eigenvalue weighted by atomic mass is 16.2. The highest BCUT2D eigenvalue weighted by Gasteiger charge is 2.35. The molecular weight excluding hydrogens is 306 g/mol. The molecule has 1 aromatic carbocycles. The molecule has 6 heteroatoms. The number of carbonyl (C=O) groups is 3. The van der Waals surface area contributed by atoms with Gasteiger partial charge in [-0.1, -0.05) is 0 Å². The van der Waals surface area contributed by atoms with Gasteiger partial charge in [-0.3, -0.25) is 14.4 Å². The summed E-state index contributed by atoms with van der Waals surface area (Å²) < 4.78 is 0. The molecule has 2 aliphatic rings. The second kappa shape index (κ2) is 7.03. The Balaban J connectivity index is 1.64. The maximum Gasteiger partial charge on any atom is 0.230 e. The van der Waals surface area contributed by atoms with E-state index in [-0.39, 0.29) is 30.1 Å². The Bertz CT molecular complexity index is 667. The van der Waals surface area contributed by atoms with Crippen molar-refractivity contribution in [3.63, 3.8) is 0 Å². The molecule has 128 valence electrons. The van der Waals surface area contributed by atoms with Gasteiger partial charge in [0.25, 0.3) is 0 Å². The zero-order valence-electron chi connectivity index (χ0n) is 13.9. The molecule has 24 heavy (non-hydrogen) atoms. The number of fused-ring (bicyclic) bond motifs is 1. The highest BCUT2D eigenvalue weighted by Crippen LogP contribution is 2.36. The van der Waals surface area contributed by atoms with Crippen molar-refractivity contribution in [2.45, 2.75) is 39.0 Å². The van der Waals surface area contributed by atoms with Crippen molar-refractivity contribution in [1.29, 1.82) is 0 Å². The van der Waals surface area contributed by atoms with Crippen LogP contribution in [0.5, 0.6) is 0 Å². The largest absolute Gasteiger partial charge is 0.356 e. The molecule has 3 amide bonds. The number of rotatable bonds is 5. The molecule has 1 aliphatic heterocycles. The minimum Gasteiger partial charge on any atom is -0.356 e. The van der Waals surface area contributed by atoms with Crippen molar-refractivity contribution in [2.75, 3.05) is 23.3 Å². The Kier molecular flexibility index (Phi) is 4.83. The average molecular weight is 329 g/mol. The van der Waals surface area contributed by atoms with E-state index < -0.39 is 0 Å². The van der Waals surface area contributed by atoms with Crippen LogP contribution in [0.15, 0.2) is 18.2 Å². The van der Waals surface area contributed by atoms with E-state index in [1.165, 1.54) is 6.92 Å². The van der Waals surface area contributed by atoms with Crippen LogP contribution in [0.25, 0.3) is 0 Å². The van der Waals surface area contributed by atoms with Crippen LogP contribution in [0.3, 0.4) is 0 Å². The van der Waals surface area contributed by atoms with Crippen molar-refractivity contribution in [3.05, 3.63) is 23.8 Å². The van der Waals surface area contributed by atoms with E-state index in [4.69, 9.17) is 0 Å². The summed E-state index contributed by atoms with van der Waals surface area (Å²) in [5.74, 6) is 0.176. The van der Waals surface area contributed by atoms with E-state index in [9.17, 15) is 14.4 Å². The third-order valence-electron chi connectivity index (χ3n) is 4.40. The number of aryl methyl sites for hydroxylation is 1. The quantitative estimate of drug-likeness (QED) is 0.865. The van der Waals surface area contributed by atoms with E-state index in [0.29, 0.717) is 6.54 Å². The van der Waals surface area contributed by atoms with Gasteiger partial charge in [0.1, 0.15) is 0 Å². The molecular formula is C18H23N3O3. The van der Waals surface area contributed by atoms with Crippen LogP contribution >= 0.6 is 0 Å². The predicted octanol–water partition coefficient (Wildman–Crippen LogP) is 1.84. The van der Waals surface area contributed by atoms with Crippen LogP contribution in [-0.4, -0.2) is 30.8 Å². The molecule has 3 rings (SSSR count). The summed E-state index contributed by atoms with van der Waals surface area (Å²) in [6, 6.07) is 5.73. The second-order valence-corrected chi connectivity index (χ2v) is 6.49. The first-order chi connectivity index (χ1) is 11.5. The predicted molar refractivity (Wildman–Crippen MR) is 91.8 cm³/mol. The van der Waals surface area contributed by atoms with Crippen LogP contribution in [0.1, 0.15) is 38.2 Å². The maximum absolute atomic E-state index is 12.4. The lowest BCUT2D eigenvalue weighted by Crippen LogP contribution is -2.36. The van der Waals surface area contributed by atoms with Crippen LogP contribution in [-0.2, 0) is 20.8 Å². The molecule has 0 aromatic heterocycles. The monoisotopic (exact) mass is 329 g/mol. The maximum atomic E-state index is 12.4. The molecule has 0 radical (unpaired) electrons. The van der Waals surface area contributed by atoms with E-state index in [1.807, 2.05) is 23.1 Å². The molecule has 1 aromatic rings. The first-order valence-corrected chi connectivity index (χ1v) is 8.53. The van der Waals surface area contributed by atoms with Gasteiger partial charge in [0, 0.05) is 43.7 Å². The first kappa shape index (κ1) is 16.5. The van der Waals surface area contributed by atoms with Crippen LogP contribution in [0.2, 0.25) is 0 Å². The SMILES string of the molecule is CC(=O)NCCC(=O)Nc1ccc2c(c1)CCCN2C(=O)C1CC1. The smallest absolute Gasteiger partial charge is 0.230 e. The number of carbonyl (C=O) groups excluding carboxylic acids is 3. The van der Waals surface area contributed by atoms with Gasteiger partial charge in [-0.05, 0) is 49.4 Å². The van der Waals surface area contributed by atoms with Crippen molar-refractivity contribution in [2.24, 2.45) is 5.92 Å². The Morgan fingerprint density at radius 2 is 2.04 bits per heavy atom. The van der Waals surface area contributed by atoms with Gasteiger partial charge in [-0.15, -0.1) is 0 Å². The third kappa shape index (κ3) is 3.93. The number of nitrogens with one attached hydrogen (secondary N) is 2. The van der Waals surface area contributed by atoms with Crippen molar-refractivity contribution in [3.8, 4) is 0 Å². The molecule has 0 unspecified atom stereocenters. The first-order valence-electron chi connectivity index (χ1n) is 8.53. The van der Waals surface area contributed by atoms with E-state index in [1.54, 1.807) is 0 Å². The lowest BCUT2D eigenvalue weighted by atomic mass is 10.0. The Hall–Kier alpha value is -2.37. The van der Waals surface area contributed by atoms with Crippen molar-refractivity contribution < 1.29 is 14.4 Å². The normalized spacial score (nSPS) is 16.3. The number of benzene rings is 1. The molecule has 0 atom stereocenters. The summed E-state index contributed by atoms with van der Waals surface area (Å²) >= 11 is 0. The summed E-state index contributed by atoms with van der Waals surface area (Å²) in [7, 11) is 0. The minimum atomic E-state index is -0.142. The zero-order valence-corrected chi connectivity index (χ0v) is 13.9. The van der Waals surface area contributed by atoms with E-state index in [0.717, 1.165) is 49.2 Å². The van der Waals surface area contributed by atoms with E-state index >= 15 is 0 Å². The fourth-order valence-corrected chi connectivity index (χ4v) is 3.03. The second-order valence-electron chi connectivity index (χ2n) is 6.49. The lowest BCUT2D eigenvalue weighted by molar-refractivity contribution is -0.120. The number of hydrogen-bond acceptors (Lipinski definition) is 3. The van der Waals surface area contributed by atoms with Gasteiger partial charge in [-0.25, -0.2) is 0 Å². The Labute approximate surface area is 141 Å². The number of anilines is 2. The van der Waals surface area contributed by atoms with E-state index in [2.05, 4.69) is 10.6 Å². The molecule has 0 bridgehead atoms. The molecule has 1 aliphatic carbocycles. The van der Waals surface area contributed by atoms with Gasteiger partial charge in [0.15, 0.2) is 0 Å². The van der Waals surface area contributed by atoms with Gasteiger partial charge in [-0.2, -0.15) is 0 Å². The molecule has 1 fully saturated rings. The fraction of sp³-hybridized carbons (Fsp3) is 0.500. The summed E-state index contributed by atoms with van der Waals surface area (Å²) in [4.78, 5) is 37.0. The molecule has 0 saturated heterocycles. The minimum absolute atomic E-state index is 0.134. The summed E-state index contributed by atoms with van der Waals surface area (Å²) in [5.41, 5.74) is 2.83. The fourth-order valence-electron chi connectivity index (χ4n) is 3.03. The molecule has 1 saturated carbocycles. The molecule has 0 spiro atoms. The zero-order chi connectivity index (χ0) is 17.1. The number of amides is 3. The van der Waals surface area contributed by atoms with Gasteiger partial charge in [0.2, 0.25) is 17.7 Å². The molecule has 6 nitrogen and oxygen atoms in total. The van der Waals surface area contributed by atoms with Crippen molar-refractivity contribution >= 4 is 29.1 Å². The lowest BCUT2D eigenvalue weighted by Gasteiger charge is -2.30. The Morgan fingerprint density at radius 3 is 2.75 bits per heavy atom. The van der Waals surface area contributed by atoms with Crippen molar-refractivity contribution in [1.82, 2.24) is 5.32 Å². The summed E-state index contributed by atoms with van der Waals surface area (Å²) in [5, 5.41) is 5.45. The summed E-state index contributed by atoms with van der Waals surface area (Å²) in [6.45, 7) is 2.54. The van der Waals surface area contributed by atoms with Crippen LogP contribution in [0.4, 0.5) is 11.4 Å². The third-order valence-corrected chi connectivity index (χ3v) is 4.40. The standard InChI is InChI=1S/C18H23N3O3/c1-12(22)19-9-8-17(23)20-15-6-7-16-14(11-15)3-2-10-21(16)18(24)13-4-5-13/h6-7,11,13H,2-5,8-10H2,1H3,(H,19,22)(H,20,23). The molecule has 2 N–H and O–H groups in total. The number of hydrogen-bond donors (Lipinski definition) is 2. The molecule has 1 heterocycles. The van der Waals surface area contributed by atoms with Crippen LogP contribution < -0.4 is 15.5 Å². The Morgan fingerprint density at radius 1 is 1.25 bits per heavy atom. The van der Waals surface area contributed by atoms with Gasteiger partial charge >= 0.3 is 0 Å². The number of nitrogens with zero attached hydrogens (tertiary/aromatic N) is 1. The highest BCUT2D eigenvalue weighted by molar-refractivity contribution is 5.98. The van der Waals surface area contributed by atoms with Gasteiger partial charge < -0.3 is 15.5 Å². The topological polar surface area (TPSA) is 78.5 Å². The van der Waals surface area contributed by atoms with Crippen LogP contribution in [0, 0.1) is 5.92 Å². The van der Waals surface area contributed by atoms with Gasteiger partial charge in [0.05, 0.1) is 0 Å². The summed E-state index contributed by atoms with van der Waals surface area (Å²) in [6.07, 6.45) is 4.12.